The fourth-order valence-electron chi connectivity index (χ4n) is 2.42. The Hall–Kier alpha value is -1.12. The Morgan fingerprint density at radius 3 is 2.48 bits per heavy atom. The summed E-state index contributed by atoms with van der Waals surface area (Å²) in [4.78, 5) is 14.1. The molecule has 0 saturated heterocycles. The maximum Gasteiger partial charge on any atom is 0.222 e. The fraction of sp³-hybridized carbons (Fsp3) is 0.875. The summed E-state index contributed by atoms with van der Waals surface area (Å²) < 4.78 is 5.03. The summed E-state index contributed by atoms with van der Waals surface area (Å²) in [5, 5.41) is 8.68. The van der Waals surface area contributed by atoms with Crippen molar-refractivity contribution >= 4 is 5.91 Å². The third-order valence-corrected chi connectivity index (χ3v) is 3.86. The van der Waals surface area contributed by atoms with Gasteiger partial charge in [0.05, 0.1) is 19.1 Å². The first-order valence-corrected chi connectivity index (χ1v) is 7.70. The molecule has 1 atom stereocenters. The Bertz CT molecular complexity index is 331. The average Bonchev–Trinajstić information content (AvgIpc) is 2.42. The molecule has 0 aliphatic rings. The smallest absolute Gasteiger partial charge is 0.222 e. The molecule has 0 rings (SSSR count). The Balaban J connectivity index is 4.47. The van der Waals surface area contributed by atoms with Crippen molar-refractivity contribution in [2.24, 2.45) is 17.1 Å². The van der Waals surface area contributed by atoms with E-state index in [1.807, 2.05) is 0 Å². The second-order valence-corrected chi connectivity index (χ2v) is 6.46. The van der Waals surface area contributed by atoms with E-state index in [2.05, 4.69) is 26.8 Å². The lowest BCUT2D eigenvalue weighted by Crippen LogP contribution is -2.35. The third-order valence-electron chi connectivity index (χ3n) is 3.86. The zero-order valence-corrected chi connectivity index (χ0v) is 14.0. The number of carbonyl (C=O) groups is 1. The molecule has 21 heavy (non-hydrogen) atoms. The number of nitriles is 1. The molecule has 0 bridgehead atoms. The minimum absolute atomic E-state index is 0.105. The van der Waals surface area contributed by atoms with Gasteiger partial charge in [-0.2, -0.15) is 5.26 Å². The number of carbonyl (C=O) groups excluding carboxylic acids is 1. The van der Waals surface area contributed by atoms with Crippen molar-refractivity contribution < 1.29 is 9.53 Å². The first kappa shape index (κ1) is 19.9. The summed E-state index contributed by atoms with van der Waals surface area (Å²) in [7, 11) is 1.61. The molecule has 1 unspecified atom stereocenters. The first-order chi connectivity index (χ1) is 9.86. The normalized spacial score (nSPS) is 12.8. The SMILES string of the molecule is COCCN(CCC#N)C(=O)CCC(CCN)C(C)(C)C. The van der Waals surface area contributed by atoms with E-state index in [1.165, 1.54) is 0 Å². The Morgan fingerprint density at radius 1 is 1.33 bits per heavy atom. The minimum Gasteiger partial charge on any atom is -0.383 e. The molecular weight excluding hydrogens is 266 g/mol. The highest BCUT2D eigenvalue weighted by Crippen LogP contribution is 2.32. The van der Waals surface area contributed by atoms with Crippen LogP contribution in [0.25, 0.3) is 0 Å². The molecule has 0 fully saturated rings. The number of hydrogen-bond acceptors (Lipinski definition) is 4. The van der Waals surface area contributed by atoms with Crippen molar-refractivity contribution in [2.45, 2.75) is 46.5 Å². The number of nitrogens with zero attached hydrogens (tertiary/aromatic N) is 2. The van der Waals surface area contributed by atoms with Crippen LogP contribution in [0.4, 0.5) is 0 Å². The summed E-state index contributed by atoms with van der Waals surface area (Å²) in [5.41, 5.74) is 5.83. The molecule has 0 aromatic carbocycles. The first-order valence-electron chi connectivity index (χ1n) is 7.70. The van der Waals surface area contributed by atoms with Crippen LogP contribution in [0, 0.1) is 22.7 Å². The highest BCUT2D eigenvalue weighted by molar-refractivity contribution is 5.76. The molecule has 0 saturated carbocycles. The van der Waals surface area contributed by atoms with Gasteiger partial charge in [0, 0.05) is 26.6 Å². The summed E-state index contributed by atoms with van der Waals surface area (Å²) in [6.07, 6.45) is 2.65. The highest BCUT2D eigenvalue weighted by Gasteiger charge is 2.25. The van der Waals surface area contributed by atoms with Crippen molar-refractivity contribution in [3.05, 3.63) is 0 Å². The van der Waals surface area contributed by atoms with Crippen molar-refractivity contribution in [1.29, 1.82) is 5.26 Å². The van der Waals surface area contributed by atoms with E-state index in [4.69, 9.17) is 15.7 Å². The average molecular weight is 297 g/mol. The minimum atomic E-state index is 0.105. The van der Waals surface area contributed by atoms with Gasteiger partial charge in [0.15, 0.2) is 0 Å². The van der Waals surface area contributed by atoms with Crippen molar-refractivity contribution in [2.75, 3.05) is 33.4 Å². The highest BCUT2D eigenvalue weighted by atomic mass is 16.5. The Kier molecular flexibility index (Phi) is 10.0. The molecule has 2 N–H and O–H groups in total. The van der Waals surface area contributed by atoms with Gasteiger partial charge in [-0.15, -0.1) is 0 Å². The molecule has 0 aliphatic carbocycles. The Labute approximate surface area is 129 Å². The Morgan fingerprint density at radius 2 is 2.00 bits per heavy atom. The van der Waals surface area contributed by atoms with Crippen LogP contribution in [0.2, 0.25) is 0 Å². The van der Waals surface area contributed by atoms with Gasteiger partial charge in [0.25, 0.3) is 0 Å². The lowest BCUT2D eigenvalue weighted by molar-refractivity contribution is -0.132. The van der Waals surface area contributed by atoms with Gasteiger partial charge in [-0.1, -0.05) is 20.8 Å². The van der Waals surface area contributed by atoms with E-state index in [9.17, 15) is 4.79 Å². The lowest BCUT2D eigenvalue weighted by Gasteiger charge is -2.31. The van der Waals surface area contributed by atoms with Crippen LogP contribution in [0.1, 0.15) is 46.5 Å². The summed E-state index contributed by atoms with van der Waals surface area (Å²) in [6.45, 7) is 8.76. The van der Waals surface area contributed by atoms with E-state index in [0.717, 1.165) is 12.8 Å². The van der Waals surface area contributed by atoms with Crippen LogP contribution in [0.3, 0.4) is 0 Å². The maximum absolute atomic E-state index is 12.3. The van der Waals surface area contributed by atoms with Crippen LogP contribution in [-0.4, -0.2) is 44.2 Å². The molecule has 0 aliphatic heterocycles. The lowest BCUT2D eigenvalue weighted by atomic mass is 9.76. The van der Waals surface area contributed by atoms with Crippen molar-refractivity contribution in [1.82, 2.24) is 4.90 Å². The van der Waals surface area contributed by atoms with Gasteiger partial charge >= 0.3 is 0 Å². The second-order valence-electron chi connectivity index (χ2n) is 6.46. The maximum atomic E-state index is 12.3. The third kappa shape index (κ3) is 8.69. The van der Waals surface area contributed by atoms with E-state index >= 15 is 0 Å². The van der Waals surface area contributed by atoms with Crippen molar-refractivity contribution in [3.63, 3.8) is 0 Å². The van der Waals surface area contributed by atoms with Crippen molar-refractivity contribution in [3.8, 4) is 6.07 Å². The number of ether oxygens (including phenoxy) is 1. The van der Waals surface area contributed by atoms with E-state index < -0.39 is 0 Å². The molecule has 122 valence electrons. The largest absolute Gasteiger partial charge is 0.383 e. The number of hydrogen-bond donors (Lipinski definition) is 1. The zero-order chi connectivity index (χ0) is 16.3. The topological polar surface area (TPSA) is 79.3 Å². The van der Waals surface area contributed by atoms with Crippen LogP contribution >= 0.6 is 0 Å². The number of amides is 1. The predicted octanol–water partition coefficient (Wildman–Crippen LogP) is 2.17. The molecule has 0 aromatic rings. The number of rotatable bonds is 10. The summed E-state index contributed by atoms with van der Waals surface area (Å²) >= 11 is 0. The molecular formula is C16H31N3O2. The van der Waals surface area contributed by atoms with E-state index in [1.54, 1.807) is 12.0 Å². The van der Waals surface area contributed by atoms with Gasteiger partial charge in [-0.25, -0.2) is 0 Å². The van der Waals surface area contributed by atoms with Crippen LogP contribution in [0.15, 0.2) is 0 Å². The second kappa shape index (κ2) is 10.6. The van der Waals surface area contributed by atoms with Gasteiger partial charge in [0.1, 0.15) is 0 Å². The van der Waals surface area contributed by atoms with Crippen LogP contribution < -0.4 is 5.73 Å². The summed E-state index contributed by atoms with van der Waals surface area (Å²) in [5.74, 6) is 0.542. The van der Waals surface area contributed by atoms with Gasteiger partial charge in [-0.3, -0.25) is 4.79 Å². The van der Waals surface area contributed by atoms with Crippen LogP contribution in [0.5, 0.6) is 0 Å². The van der Waals surface area contributed by atoms with E-state index in [0.29, 0.717) is 45.0 Å². The van der Waals surface area contributed by atoms with Gasteiger partial charge < -0.3 is 15.4 Å². The van der Waals surface area contributed by atoms with Gasteiger partial charge in [0.2, 0.25) is 5.91 Å². The molecule has 5 heteroatoms. The molecule has 0 radical (unpaired) electrons. The standard InChI is InChI=1S/C16H31N3O2/c1-16(2,3)14(8-10-18)6-7-15(20)19(11-5-9-17)12-13-21-4/h14H,5-8,10-13,18H2,1-4H3. The molecule has 1 amide bonds. The number of nitrogens with two attached hydrogens (primary N) is 1. The predicted molar refractivity (Wildman–Crippen MR) is 84.5 cm³/mol. The molecule has 0 spiro atoms. The quantitative estimate of drug-likeness (QED) is 0.670. The monoisotopic (exact) mass is 297 g/mol. The van der Waals surface area contributed by atoms with E-state index in [-0.39, 0.29) is 11.3 Å². The zero-order valence-electron chi connectivity index (χ0n) is 14.0. The summed E-state index contributed by atoms with van der Waals surface area (Å²) in [6, 6.07) is 2.09. The van der Waals surface area contributed by atoms with Gasteiger partial charge in [-0.05, 0) is 30.7 Å². The molecule has 0 heterocycles. The molecule has 5 nitrogen and oxygen atoms in total. The number of methoxy groups -OCH3 is 1. The fourth-order valence-corrected chi connectivity index (χ4v) is 2.42. The van der Waals surface area contributed by atoms with Crippen LogP contribution in [-0.2, 0) is 9.53 Å². The molecule has 0 aromatic heterocycles.